The van der Waals surface area contributed by atoms with Crippen LogP contribution in [0.5, 0.6) is 0 Å². The average molecular weight is 425 g/mol. The van der Waals surface area contributed by atoms with E-state index in [0.717, 1.165) is 47.6 Å². The number of para-hydroxylation sites is 2. The molecule has 8 heteroatoms. The molecule has 0 atom stereocenters. The van der Waals surface area contributed by atoms with Gasteiger partial charge in [-0.25, -0.2) is 4.98 Å². The molecule has 1 N–H and O–H groups in total. The molecule has 1 saturated heterocycles. The molecule has 0 bridgehead atoms. The van der Waals surface area contributed by atoms with E-state index >= 15 is 0 Å². The number of aromatic nitrogens is 2. The minimum Gasteiger partial charge on any atom is -0.423 e. The molecule has 29 heavy (non-hydrogen) atoms. The second-order valence-corrected chi connectivity index (χ2v) is 9.31. The number of amides is 1. The lowest BCUT2D eigenvalue weighted by Crippen LogP contribution is -2.38. The Labute approximate surface area is 176 Å². The van der Waals surface area contributed by atoms with Crippen LogP contribution >= 0.6 is 22.7 Å². The SMILES string of the molecule is Cc1ccc(-c2csc(NC(=O)C3CCN(c4nc5ccccc5o4)CC3)n2)s1. The molecule has 0 saturated carbocycles. The number of thiazole rings is 1. The maximum absolute atomic E-state index is 12.7. The van der Waals surface area contributed by atoms with Gasteiger partial charge in [0.05, 0.1) is 10.6 Å². The largest absolute Gasteiger partial charge is 0.423 e. The highest BCUT2D eigenvalue weighted by Crippen LogP contribution is 2.31. The predicted octanol–water partition coefficient (Wildman–Crippen LogP) is 5.18. The van der Waals surface area contributed by atoms with Gasteiger partial charge in [-0.15, -0.1) is 22.7 Å². The van der Waals surface area contributed by atoms with Crippen LogP contribution in [-0.2, 0) is 4.79 Å². The summed E-state index contributed by atoms with van der Waals surface area (Å²) >= 11 is 3.19. The fourth-order valence-electron chi connectivity index (χ4n) is 3.55. The molecular weight excluding hydrogens is 404 g/mol. The quantitative estimate of drug-likeness (QED) is 0.489. The number of carbonyl (C=O) groups excluding carboxylic acids is 1. The van der Waals surface area contributed by atoms with E-state index in [-0.39, 0.29) is 11.8 Å². The maximum atomic E-state index is 12.7. The van der Waals surface area contributed by atoms with Crippen LogP contribution in [0.3, 0.4) is 0 Å². The monoisotopic (exact) mass is 424 g/mol. The highest BCUT2D eigenvalue weighted by atomic mass is 32.1. The van der Waals surface area contributed by atoms with E-state index in [0.29, 0.717) is 11.1 Å². The van der Waals surface area contributed by atoms with E-state index in [4.69, 9.17) is 4.42 Å². The summed E-state index contributed by atoms with van der Waals surface area (Å²) in [7, 11) is 0. The Hall–Kier alpha value is -2.71. The Morgan fingerprint density at radius 1 is 1.17 bits per heavy atom. The van der Waals surface area contributed by atoms with E-state index in [1.807, 2.05) is 29.6 Å². The van der Waals surface area contributed by atoms with Crippen LogP contribution in [0.4, 0.5) is 11.1 Å². The third-order valence-corrected chi connectivity index (χ3v) is 6.93. The van der Waals surface area contributed by atoms with Crippen LogP contribution in [-0.4, -0.2) is 29.0 Å². The standard InChI is InChI=1S/C21H20N4O2S2/c1-13-6-7-18(29-13)16-12-28-20(22-16)24-19(26)14-8-10-25(11-9-14)21-23-15-4-2-3-5-17(15)27-21/h2-7,12,14H,8-11H2,1H3,(H,22,24,26). The summed E-state index contributed by atoms with van der Waals surface area (Å²) in [5.74, 6) is 0.0254. The Morgan fingerprint density at radius 3 is 2.76 bits per heavy atom. The van der Waals surface area contributed by atoms with Crippen molar-refractivity contribution in [2.24, 2.45) is 5.92 Å². The summed E-state index contributed by atoms with van der Waals surface area (Å²) < 4.78 is 5.85. The van der Waals surface area contributed by atoms with E-state index in [2.05, 4.69) is 39.2 Å². The van der Waals surface area contributed by atoms with Gasteiger partial charge in [0.25, 0.3) is 6.01 Å². The summed E-state index contributed by atoms with van der Waals surface area (Å²) in [6.07, 6.45) is 1.54. The molecule has 5 rings (SSSR count). The molecular formula is C21H20N4O2S2. The number of nitrogens with zero attached hydrogens (tertiary/aromatic N) is 3. The Kier molecular flexibility index (Phi) is 4.81. The number of piperidine rings is 1. The highest BCUT2D eigenvalue weighted by Gasteiger charge is 2.27. The van der Waals surface area contributed by atoms with Crippen molar-refractivity contribution in [3.8, 4) is 10.6 Å². The fourth-order valence-corrected chi connectivity index (χ4v) is 5.17. The van der Waals surface area contributed by atoms with Gasteiger partial charge < -0.3 is 14.6 Å². The first-order valence-electron chi connectivity index (χ1n) is 9.59. The lowest BCUT2D eigenvalue weighted by atomic mass is 9.96. The summed E-state index contributed by atoms with van der Waals surface area (Å²) in [5, 5.41) is 5.66. The third-order valence-electron chi connectivity index (χ3n) is 5.15. The molecule has 0 aliphatic carbocycles. The van der Waals surface area contributed by atoms with E-state index in [9.17, 15) is 4.79 Å². The van der Waals surface area contributed by atoms with Crippen LogP contribution in [0.25, 0.3) is 21.7 Å². The number of oxazole rings is 1. The number of fused-ring (bicyclic) bond motifs is 1. The number of aryl methyl sites for hydroxylation is 1. The first-order chi connectivity index (χ1) is 14.2. The van der Waals surface area contributed by atoms with Crippen molar-refractivity contribution in [3.05, 3.63) is 46.7 Å². The molecule has 1 aliphatic rings. The van der Waals surface area contributed by atoms with Crippen molar-refractivity contribution in [2.75, 3.05) is 23.3 Å². The minimum absolute atomic E-state index is 0.0213. The number of carbonyl (C=O) groups is 1. The Morgan fingerprint density at radius 2 is 2.00 bits per heavy atom. The van der Waals surface area contributed by atoms with Gasteiger partial charge in [-0.2, -0.15) is 4.98 Å². The van der Waals surface area contributed by atoms with Gasteiger partial charge in [0.1, 0.15) is 5.52 Å². The zero-order chi connectivity index (χ0) is 19.8. The topological polar surface area (TPSA) is 71.3 Å². The average Bonchev–Trinajstić information content (AvgIpc) is 3.47. The molecule has 0 spiro atoms. The Bertz CT molecular complexity index is 1120. The van der Waals surface area contributed by atoms with Crippen LogP contribution in [0, 0.1) is 12.8 Å². The normalized spacial score (nSPS) is 15.1. The number of rotatable bonds is 4. The molecule has 3 aromatic heterocycles. The lowest BCUT2D eigenvalue weighted by Gasteiger charge is -2.29. The number of anilines is 2. The number of hydrogen-bond donors (Lipinski definition) is 1. The second kappa shape index (κ2) is 7.61. The molecule has 148 valence electrons. The first kappa shape index (κ1) is 18.3. The van der Waals surface area contributed by atoms with Crippen LogP contribution in [0.2, 0.25) is 0 Å². The minimum atomic E-state index is -0.0213. The zero-order valence-electron chi connectivity index (χ0n) is 15.9. The van der Waals surface area contributed by atoms with Gasteiger partial charge in [-0.1, -0.05) is 12.1 Å². The van der Waals surface area contributed by atoms with Gasteiger partial charge in [0.2, 0.25) is 5.91 Å². The van der Waals surface area contributed by atoms with Crippen molar-refractivity contribution in [1.29, 1.82) is 0 Å². The van der Waals surface area contributed by atoms with Gasteiger partial charge in [0.15, 0.2) is 10.7 Å². The second-order valence-electron chi connectivity index (χ2n) is 7.16. The number of nitrogens with one attached hydrogen (secondary N) is 1. The Balaban J connectivity index is 1.20. The molecule has 0 unspecified atom stereocenters. The first-order valence-corrected chi connectivity index (χ1v) is 11.3. The van der Waals surface area contributed by atoms with E-state index in [1.165, 1.54) is 16.2 Å². The summed E-state index contributed by atoms with van der Waals surface area (Å²) in [6.45, 7) is 3.58. The molecule has 1 aliphatic heterocycles. The third kappa shape index (κ3) is 3.77. The summed E-state index contributed by atoms with van der Waals surface area (Å²) in [6, 6.07) is 12.6. The van der Waals surface area contributed by atoms with Crippen molar-refractivity contribution in [2.45, 2.75) is 19.8 Å². The zero-order valence-corrected chi connectivity index (χ0v) is 17.6. The van der Waals surface area contributed by atoms with Gasteiger partial charge in [0, 0.05) is 29.3 Å². The molecule has 0 radical (unpaired) electrons. The summed E-state index contributed by atoms with van der Waals surface area (Å²) in [4.78, 5) is 26.3. The molecule has 1 aromatic carbocycles. The number of thiophene rings is 1. The molecule has 1 amide bonds. The van der Waals surface area contributed by atoms with Gasteiger partial charge >= 0.3 is 0 Å². The van der Waals surface area contributed by atoms with Crippen LogP contribution in [0.1, 0.15) is 17.7 Å². The smallest absolute Gasteiger partial charge is 0.298 e. The fraction of sp³-hybridized carbons (Fsp3) is 0.286. The van der Waals surface area contributed by atoms with Crippen LogP contribution in [0.15, 0.2) is 46.2 Å². The summed E-state index contributed by atoms with van der Waals surface area (Å²) in [5.41, 5.74) is 2.58. The number of hydrogen-bond acceptors (Lipinski definition) is 7. The number of benzene rings is 1. The van der Waals surface area contributed by atoms with E-state index in [1.54, 1.807) is 11.3 Å². The maximum Gasteiger partial charge on any atom is 0.298 e. The van der Waals surface area contributed by atoms with Crippen molar-refractivity contribution >= 4 is 50.8 Å². The molecule has 4 aromatic rings. The van der Waals surface area contributed by atoms with E-state index < -0.39 is 0 Å². The van der Waals surface area contributed by atoms with Crippen LogP contribution < -0.4 is 10.2 Å². The van der Waals surface area contributed by atoms with Crippen molar-refractivity contribution in [3.63, 3.8) is 0 Å². The molecule has 6 nitrogen and oxygen atoms in total. The van der Waals surface area contributed by atoms with Gasteiger partial charge in [-0.05, 0) is 44.0 Å². The highest BCUT2D eigenvalue weighted by molar-refractivity contribution is 7.17. The van der Waals surface area contributed by atoms with Crippen molar-refractivity contribution in [1.82, 2.24) is 9.97 Å². The van der Waals surface area contributed by atoms with Crippen molar-refractivity contribution < 1.29 is 9.21 Å². The predicted molar refractivity (Wildman–Crippen MR) is 118 cm³/mol. The lowest BCUT2D eigenvalue weighted by molar-refractivity contribution is -0.120. The van der Waals surface area contributed by atoms with Gasteiger partial charge in [-0.3, -0.25) is 4.79 Å². The molecule has 4 heterocycles. The molecule has 1 fully saturated rings.